The van der Waals surface area contributed by atoms with Crippen molar-refractivity contribution >= 4 is 17.5 Å². The average molecular weight is 357 g/mol. The molecule has 138 valence electrons. The Balaban J connectivity index is 1.81. The van der Waals surface area contributed by atoms with Gasteiger partial charge in [-0.1, -0.05) is 13.8 Å². The van der Waals surface area contributed by atoms with Gasteiger partial charge in [-0.25, -0.2) is 0 Å². The minimum absolute atomic E-state index is 0.158. The highest BCUT2D eigenvalue weighted by atomic mass is 16.5. The van der Waals surface area contributed by atoms with E-state index in [-0.39, 0.29) is 5.69 Å². The van der Waals surface area contributed by atoms with Crippen LogP contribution in [0.5, 0.6) is 5.75 Å². The maximum atomic E-state index is 12.6. The number of ether oxygens (including phenoxy) is 1. The Labute approximate surface area is 151 Å². The second kappa shape index (κ2) is 7.55. The first kappa shape index (κ1) is 17.9. The molecule has 0 saturated carbocycles. The minimum Gasteiger partial charge on any atom is -0.497 e. The van der Waals surface area contributed by atoms with Crippen molar-refractivity contribution in [3.05, 3.63) is 40.3 Å². The molecule has 0 fully saturated rings. The molecule has 0 atom stereocenters. The van der Waals surface area contributed by atoms with Gasteiger partial charge in [0.15, 0.2) is 0 Å². The van der Waals surface area contributed by atoms with Crippen molar-refractivity contribution in [2.75, 3.05) is 25.1 Å². The third-order valence-electron chi connectivity index (χ3n) is 4.32. The lowest BCUT2D eigenvalue weighted by Crippen LogP contribution is -2.35. The van der Waals surface area contributed by atoms with Crippen molar-refractivity contribution in [2.45, 2.75) is 26.8 Å². The third-order valence-corrected chi connectivity index (χ3v) is 4.32. The predicted octanol–water partition coefficient (Wildman–Crippen LogP) is 1.57. The molecule has 0 saturated heterocycles. The molecule has 0 unspecified atom stereocenters. The van der Waals surface area contributed by atoms with Gasteiger partial charge in [0.25, 0.3) is 11.5 Å². The van der Waals surface area contributed by atoms with Crippen LogP contribution in [0.3, 0.4) is 0 Å². The van der Waals surface area contributed by atoms with Gasteiger partial charge in [-0.05, 0) is 36.6 Å². The Kier molecular flexibility index (Phi) is 5.20. The highest BCUT2D eigenvalue weighted by Crippen LogP contribution is 2.28. The summed E-state index contributed by atoms with van der Waals surface area (Å²) in [5.41, 5.74) is 0.321. The average Bonchev–Trinajstić information content (AvgIpc) is 3.06. The van der Waals surface area contributed by atoms with E-state index in [0.29, 0.717) is 31.5 Å². The fourth-order valence-electron chi connectivity index (χ4n) is 2.82. The Morgan fingerprint density at radius 2 is 1.96 bits per heavy atom. The molecular weight excluding hydrogens is 334 g/mol. The van der Waals surface area contributed by atoms with Crippen molar-refractivity contribution in [3.63, 3.8) is 0 Å². The van der Waals surface area contributed by atoms with Gasteiger partial charge in [-0.3, -0.25) is 14.2 Å². The summed E-state index contributed by atoms with van der Waals surface area (Å²) in [6, 6.07) is 7.49. The van der Waals surface area contributed by atoms with Gasteiger partial charge in [-0.15, -0.1) is 10.2 Å². The van der Waals surface area contributed by atoms with Crippen LogP contribution in [-0.4, -0.2) is 40.9 Å². The number of hydrogen-bond donors (Lipinski definition) is 1. The Bertz CT molecular complexity index is 845. The first-order valence-electron chi connectivity index (χ1n) is 8.68. The van der Waals surface area contributed by atoms with E-state index in [1.165, 1.54) is 4.57 Å². The van der Waals surface area contributed by atoms with E-state index < -0.39 is 11.5 Å². The SMILES string of the molecule is COc1ccc(N2CCn3c2nnc(C(=O)NCCC(C)C)c3=O)cc1. The van der Waals surface area contributed by atoms with Crippen molar-refractivity contribution in [2.24, 2.45) is 5.92 Å². The lowest BCUT2D eigenvalue weighted by Gasteiger charge is -2.17. The van der Waals surface area contributed by atoms with Gasteiger partial charge in [-0.2, -0.15) is 0 Å². The molecule has 0 radical (unpaired) electrons. The molecule has 2 heterocycles. The van der Waals surface area contributed by atoms with Gasteiger partial charge >= 0.3 is 0 Å². The van der Waals surface area contributed by atoms with Crippen LogP contribution >= 0.6 is 0 Å². The second-order valence-electron chi connectivity index (χ2n) is 6.59. The van der Waals surface area contributed by atoms with E-state index in [1.54, 1.807) is 7.11 Å². The number of amides is 1. The normalized spacial score (nSPS) is 13.0. The van der Waals surface area contributed by atoms with Gasteiger partial charge in [0, 0.05) is 25.3 Å². The maximum absolute atomic E-state index is 12.6. The van der Waals surface area contributed by atoms with E-state index in [1.807, 2.05) is 29.2 Å². The number of nitrogens with one attached hydrogen (secondary N) is 1. The number of carbonyl (C=O) groups is 1. The summed E-state index contributed by atoms with van der Waals surface area (Å²) < 4.78 is 6.66. The molecule has 1 aliphatic heterocycles. The Morgan fingerprint density at radius 1 is 1.23 bits per heavy atom. The van der Waals surface area contributed by atoms with Crippen LogP contribution in [0.2, 0.25) is 0 Å². The molecule has 8 nitrogen and oxygen atoms in total. The second-order valence-corrected chi connectivity index (χ2v) is 6.59. The zero-order valence-corrected chi connectivity index (χ0v) is 15.2. The van der Waals surface area contributed by atoms with Crippen LogP contribution in [0.25, 0.3) is 0 Å². The smallest absolute Gasteiger partial charge is 0.286 e. The number of rotatable bonds is 6. The molecule has 0 aliphatic carbocycles. The summed E-state index contributed by atoms with van der Waals surface area (Å²) in [5.74, 6) is 1.20. The lowest BCUT2D eigenvalue weighted by atomic mass is 10.1. The summed E-state index contributed by atoms with van der Waals surface area (Å²) >= 11 is 0. The van der Waals surface area contributed by atoms with E-state index in [4.69, 9.17) is 4.74 Å². The molecule has 1 aromatic heterocycles. The van der Waals surface area contributed by atoms with Crippen molar-refractivity contribution < 1.29 is 9.53 Å². The predicted molar refractivity (Wildman–Crippen MR) is 98.1 cm³/mol. The van der Waals surface area contributed by atoms with Crippen molar-refractivity contribution in [1.29, 1.82) is 0 Å². The number of fused-ring (bicyclic) bond motifs is 1. The molecular formula is C18H23N5O3. The molecule has 8 heteroatoms. The number of hydrogen-bond acceptors (Lipinski definition) is 6. The summed E-state index contributed by atoms with van der Waals surface area (Å²) in [6.07, 6.45) is 0.844. The van der Waals surface area contributed by atoms with E-state index in [0.717, 1.165) is 17.9 Å². The van der Waals surface area contributed by atoms with E-state index in [9.17, 15) is 9.59 Å². The monoisotopic (exact) mass is 357 g/mol. The first-order chi connectivity index (χ1) is 12.5. The van der Waals surface area contributed by atoms with Gasteiger partial charge in [0.2, 0.25) is 11.6 Å². The fourth-order valence-corrected chi connectivity index (χ4v) is 2.82. The van der Waals surface area contributed by atoms with Gasteiger partial charge < -0.3 is 15.0 Å². The minimum atomic E-state index is -0.471. The summed E-state index contributed by atoms with van der Waals surface area (Å²) in [4.78, 5) is 26.7. The molecule has 3 rings (SSSR count). The molecule has 26 heavy (non-hydrogen) atoms. The summed E-state index contributed by atoms with van der Waals surface area (Å²) in [5, 5.41) is 10.8. The number of benzene rings is 1. The number of nitrogens with zero attached hydrogens (tertiary/aromatic N) is 4. The van der Waals surface area contributed by atoms with E-state index >= 15 is 0 Å². The highest BCUT2D eigenvalue weighted by molar-refractivity contribution is 5.91. The molecule has 1 N–H and O–H groups in total. The van der Waals surface area contributed by atoms with Crippen LogP contribution in [0.15, 0.2) is 29.1 Å². The third kappa shape index (κ3) is 3.54. The molecule has 2 aromatic rings. The van der Waals surface area contributed by atoms with Crippen molar-refractivity contribution in [1.82, 2.24) is 20.1 Å². The summed E-state index contributed by atoms with van der Waals surface area (Å²) in [6.45, 7) is 5.71. The molecule has 0 spiro atoms. The van der Waals surface area contributed by atoms with E-state index in [2.05, 4.69) is 29.4 Å². The number of carbonyl (C=O) groups excluding carboxylic acids is 1. The molecule has 0 bridgehead atoms. The van der Waals surface area contributed by atoms with Gasteiger partial charge in [0.1, 0.15) is 5.75 Å². The van der Waals surface area contributed by atoms with Crippen LogP contribution < -0.4 is 20.5 Å². The van der Waals surface area contributed by atoms with Crippen molar-refractivity contribution in [3.8, 4) is 5.75 Å². The quantitative estimate of drug-likeness (QED) is 0.844. The zero-order chi connectivity index (χ0) is 18.7. The van der Waals surface area contributed by atoms with Crippen LogP contribution in [0, 0.1) is 5.92 Å². The van der Waals surface area contributed by atoms with Crippen LogP contribution in [0.1, 0.15) is 30.8 Å². The zero-order valence-electron chi connectivity index (χ0n) is 15.2. The maximum Gasteiger partial charge on any atom is 0.286 e. The molecule has 1 aromatic carbocycles. The van der Waals surface area contributed by atoms with Crippen LogP contribution in [-0.2, 0) is 6.54 Å². The Morgan fingerprint density at radius 3 is 2.62 bits per heavy atom. The largest absolute Gasteiger partial charge is 0.497 e. The molecule has 1 amide bonds. The number of aromatic nitrogens is 3. The molecule has 1 aliphatic rings. The first-order valence-corrected chi connectivity index (χ1v) is 8.68. The number of methoxy groups -OCH3 is 1. The van der Waals surface area contributed by atoms with Gasteiger partial charge in [0.05, 0.1) is 7.11 Å². The summed E-state index contributed by atoms with van der Waals surface area (Å²) in [7, 11) is 1.61. The Hall–Kier alpha value is -2.90. The lowest BCUT2D eigenvalue weighted by molar-refractivity contribution is 0.0943. The topological polar surface area (TPSA) is 89.3 Å². The standard InChI is InChI=1S/C18H23N5O3/c1-12(2)8-9-19-16(24)15-17(25)23-11-10-22(18(23)21-20-15)13-4-6-14(26-3)7-5-13/h4-7,12H,8-11H2,1-3H3,(H,19,24). The highest BCUT2D eigenvalue weighted by Gasteiger charge is 2.27. The van der Waals surface area contributed by atoms with Crippen LogP contribution in [0.4, 0.5) is 11.6 Å². The fraction of sp³-hybridized carbons (Fsp3) is 0.444. The number of anilines is 2.